The van der Waals surface area contributed by atoms with Crippen LogP contribution in [0.25, 0.3) is 0 Å². The highest BCUT2D eigenvalue weighted by molar-refractivity contribution is 9.10. The van der Waals surface area contributed by atoms with Crippen molar-refractivity contribution in [1.82, 2.24) is 4.98 Å². The number of fused-ring (bicyclic) bond motifs is 1. The number of ketones is 1. The number of aromatic amines is 1. The average Bonchev–Trinajstić information content (AvgIpc) is 2.55. The molecule has 0 fully saturated rings. The van der Waals surface area contributed by atoms with E-state index in [2.05, 4.69) is 26.2 Å². The summed E-state index contributed by atoms with van der Waals surface area (Å²) in [7, 11) is 0. The Morgan fingerprint density at radius 1 is 1.31 bits per heavy atom. The fraction of sp³-hybridized carbons (Fsp3) is 0.300. The number of carbonyl (C=O) groups excluding carboxylic acids is 1. The summed E-state index contributed by atoms with van der Waals surface area (Å²) in [6, 6.07) is 6.38. The molecule has 0 saturated carbocycles. The molecule has 0 bridgehead atoms. The predicted molar refractivity (Wildman–Crippen MR) is 104 cm³/mol. The van der Waals surface area contributed by atoms with Crippen LogP contribution in [0.15, 0.2) is 51.0 Å². The molecule has 0 radical (unpaired) electrons. The summed E-state index contributed by atoms with van der Waals surface area (Å²) < 4.78 is 14.0. The Hall–Kier alpha value is -2.21. The lowest BCUT2D eigenvalue weighted by Crippen LogP contribution is -2.29. The van der Waals surface area contributed by atoms with Crippen LogP contribution in [0.2, 0.25) is 0 Å². The minimum Gasteiger partial charge on any atom is -0.358 e. The summed E-state index contributed by atoms with van der Waals surface area (Å²) in [5.74, 6) is -0.747. The lowest BCUT2D eigenvalue weighted by atomic mass is 9.78. The predicted octanol–water partition coefficient (Wildman–Crippen LogP) is 4.72. The van der Waals surface area contributed by atoms with Gasteiger partial charge in [-0.3, -0.25) is 9.59 Å². The Morgan fingerprint density at radius 3 is 2.69 bits per heavy atom. The summed E-state index contributed by atoms with van der Waals surface area (Å²) in [4.78, 5) is 28.2. The Balaban J connectivity index is 2.24. The second kappa shape index (κ2) is 7.19. The van der Waals surface area contributed by atoms with Crippen molar-refractivity contribution in [2.24, 2.45) is 5.92 Å². The standard InChI is InChI=1S/C20H20BrFN2O2/c1-10(2)8-16(25)17-11(3)24-15-6-7-23-20(26)19(15)18(17)12-4-5-14(22)13(21)9-12/h4-7,9-10,18,24H,8H2,1-3H3,(H,23,26). The number of aromatic nitrogens is 1. The van der Waals surface area contributed by atoms with Gasteiger partial charge in [-0.25, -0.2) is 4.39 Å². The second-order valence-corrected chi connectivity index (χ2v) is 7.78. The van der Waals surface area contributed by atoms with Crippen LogP contribution in [-0.2, 0) is 4.79 Å². The van der Waals surface area contributed by atoms with Crippen LogP contribution in [0.5, 0.6) is 0 Å². The number of benzene rings is 1. The van der Waals surface area contributed by atoms with Gasteiger partial charge < -0.3 is 10.3 Å². The molecule has 2 N–H and O–H groups in total. The highest BCUT2D eigenvalue weighted by atomic mass is 79.9. The molecule has 3 rings (SSSR count). The van der Waals surface area contributed by atoms with Gasteiger partial charge in [0.05, 0.1) is 10.0 Å². The van der Waals surface area contributed by atoms with Crippen LogP contribution in [-0.4, -0.2) is 10.8 Å². The SMILES string of the molecule is CC1=C(C(=O)CC(C)C)C(c2ccc(F)c(Br)c2)c2c(cc[nH]c2=O)N1. The van der Waals surface area contributed by atoms with E-state index < -0.39 is 5.92 Å². The van der Waals surface area contributed by atoms with Crippen LogP contribution in [0.4, 0.5) is 10.1 Å². The van der Waals surface area contributed by atoms with Gasteiger partial charge in [0.15, 0.2) is 5.78 Å². The third-order valence-electron chi connectivity index (χ3n) is 4.47. The molecule has 4 nitrogen and oxygen atoms in total. The van der Waals surface area contributed by atoms with Crippen LogP contribution in [0.3, 0.4) is 0 Å². The minimum absolute atomic E-state index is 0.00986. The number of rotatable bonds is 4. The van der Waals surface area contributed by atoms with Gasteiger partial charge in [-0.15, -0.1) is 0 Å². The summed E-state index contributed by atoms with van der Waals surface area (Å²) >= 11 is 3.21. The summed E-state index contributed by atoms with van der Waals surface area (Å²) in [5.41, 5.74) is 2.86. The lowest BCUT2D eigenvalue weighted by molar-refractivity contribution is -0.116. The van der Waals surface area contributed by atoms with Crippen molar-refractivity contribution in [2.45, 2.75) is 33.1 Å². The molecule has 1 aliphatic heterocycles. The van der Waals surface area contributed by atoms with E-state index in [0.29, 0.717) is 33.3 Å². The molecule has 136 valence electrons. The van der Waals surface area contributed by atoms with Crippen molar-refractivity contribution < 1.29 is 9.18 Å². The van der Waals surface area contributed by atoms with E-state index in [-0.39, 0.29) is 23.1 Å². The number of halogens is 2. The zero-order chi connectivity index (χ0) is 19.0. The van der Waals surface area contributed by atoms with E-state index in [4.69, 9.17) is 0 Å². The van der Waals surface area contributed by atoms with Crippen molar-refractivity contribution in [3.05, 3.63) is 73.5 Å². The minimum atomic E-state index is -0.542. The molecule has 1 aromatic heterocycles. The van der Waals surface area contributed by atoms with Crippen molar-refractivity contribution in [1.29, 1.82) is 0 Å². The Labute approximate surface area is 159 Å². The third kappa shape index (κ3) is 3.38. The first-order chi connectivity index (χ1) is 12.3. The molecule has 0 spiro atoms. The maximum absolute atomic E-state index is 13.7. The number of Topliss-reactive ketones (excluding diaryl/α,β-unsaturated/α-hetero) is 1. The molecule has 2 heterocycles. The van der Waals surface area contributed by atoms with Crippen LogP contribution in [0.1, 0.15) is 44.2 Å². The Bertz CT molecular complexity index is 963. The topological polar surface area (TPSA) is 62.0 Å². The molecule has 6 heteroatoms. The summed E-state index contributed by atoms with van der Waals surface area (Å²) in [5, 5.41) is 3.18. The number of hydrogen-bond acceptors (Lipinski definition) is 3. The van der Waals surface area contributed by atoms with E-state index in [1.807, 2.05) is 20.8 Å². The fourth-order valence-corrected chi connectivity index (χ4v) is 3.79. The average molecular weight is 419 g/mol. The van der Waals surface area contributed by atoms with Gasteiger partial charge in [0, 0.05) is 35.5 Å². The summed E-state index contributed by atoms with van der Waals surface area (Å²) in [6.45, 7) is 5.80. The highest BCUT2D eigenvalue weighted by Crippen LogP contribution is 2.41. The molecular formula is C20H20BrFN2O2. The quantitative estimate of drug-likeness (QED) is 0.754. The molecule has 0 saturated heterocycles. The van der Waals surface area contributed by atoms with Gasteiger partial charge in [-0.1, -0.05) is 19.9 Å². The molecule has 1 atom stereocenters. The van der Waals surface area contributed by atoms with E-state index in [9.17, 15) is 14.0 Å². The highest BCUT2D eigenvalue weighted by Gasteiger charge is 2.34. The first kappa shape index (κ1) is 18.6. The lowest BCUT2D eigenvalue weighted by Gasteiger charge is -2.30. The van der Waals surface area contributed by atoms with Gasteiger partial charge in [0.1, 0.15) is 5.82 Å². The first-order valence-electron chi connectivity index (χ1n) is 8.47. The zero-order valence-corrected chi connectivity index (χ0v) is 16.4. The van der Waals surface area contributed by atoms with E-state index in [1.54, 1.807) is 24.4 Å². The Morgan fingerprint density at radius 2 is 2.04 bits per heavy atom. The normalized spacial score (nSPS) is 16.5. The van der Waals surface area contributed by atoms with Gasteiger partial charge in [-0.05, 0) is 52.5 Å². The van der Waals surface area contributed by atoms with Crippen LogP contribution < -0.4 is 10.9 Å². The number of nitrogens with one attached hydrogen (secondary N) is 2. The number of anilines is 1. The number of carbonyl (C=O) groups is 1. The van der Waals surface area contributed by atoms with Crippen molar-refractivity contribution in [3.8, 4) is 0 Å². The van der Waals surface area contributed by atoms with Crippen molar-refractivity contribution in [3.63, 3.8) is 0 Å². The zero-order valence-electron chi connectivity index (χ0n) is 14.8. The van der Waals surface area contributed by atoms with Gasteiger partial charge in [0.2, 0.25) is 0 Å². The van der Waals surface area contributed by atoms with Crippen molar-refractivity contribution >= 4 is 27.4 Å². The first-order valence-corrected chi connectivity index (χ1v) is 9.26. The van der Waals surface area contributed by atoms with Crippen LogP contribution in [0, 0.1) is 11.7 Å². The largest absolute Gasteiger partial charge is 0.358 e. The maximum Gasteiger partial charge on any atom is 0.254 e. The number of H-pyrrole nitrogens is 1. The molecule has 0 aliphatic carbocycles. The molecular weight excluding hydrogens is 399 g/mol. The van der Waals surface area contributed by atoms with Gasteiger partial charge >= 0.3 is 0 Å². The third-order valence-corrected chi connectivity index (χ3v) is 5.08. The second-order valence-electron chi connectivity index (χ2n) is 6.93. The Kier molecular flexibility index (Phi) is 5.14. The molecule has 26 heavy (non-hydrogen) atoms. The molecule has 1 unspecified atom stereocenters. The molecule has 1 aliphatic rings. The van der Waals surface area contributed by atoms with Gasteiger partial charge in [-0.2, -0.15) is 0 Å². The van der Waals surface area contributed by atoms with Crippen molar-refractivity contribution in [2.75, 3.05) is 5.32 Å². The van der Waals surface area contributed by atoms with Gasteiger partial charge in [0.25, 0.3) is 5.56 Å². The van der Waals surface area contributed by atoms with E-state index in [0.717, 1.165) is 5.70 Å². The molecule has 2 aromatic rings. The molecule has 0 amide bonds. The van der Waals surface area contributed by atoms with E-state index in [1.165, 1.54) is 6.07 Å². The smallest absolute Gasteiger partial charge is 0.254 e. The monoisotopic (exact) mass is 418 g/mol. The summed E-state index contributed by atoms with van der Waals surface area (Å²) in [6.07, 6.45) is 1.95. The number of hydrogen-bond donors (Lipinski definition) is 2. The number of pyridine rings is 1. The molecule has 1 aromatic carbocycles. The maximum atomic E-state index is 13.7. The number of allylic oxidation sites excluding steroid dienone is 2. The van der Waals surface area contributed by atoms with Crippen LogP contribution >= 0.6 is 15.9 Å². The van der Waals surface area contributed by atoms with E-state index >= 15 is 0 Å². The fourth-order valence-electron chi connectivity index (χ4n) is 3.39.